The largest absolute Gasteiger partial charge is 0.530 e. The molecule has 2 atom stereocenters. The van der Waals surface area contributed by atoms with Gasteiger partial charge in [0.2, 0.25) is 0 Å². The van der Waals surface area contributed by atoms with Crippen LogP contribution in [0.3, 0.4) is 0 Å². The van der Waals surface area contributed by atoms with Gasteiger partial charge in [0.15, 0.2) is 0 Å². The van der Waals surface area contributed by atoms with Gasteiger partial charge in [-0.3, -0.25) is 0 Å². The van der Waals surface area contributed by atoms with E-state index in [0.717, 1.165) is 42.4 Å². The molecule has 0 heterocycles. The van der Waals surface area contributed by atoms with E-state index in [2.05, 4.69) is 26.0 Å². The number of hydrogen-bond acceptors (Lipinski definition) is 1. The summed E-state index contributed by atoms with van der Waals surface area (Å²) in [6, 6.07) is 20.3. The average molecular weight is 504 g/mol. The van der Waals surface area contributed by atoms with Crippen molar-refractivity contribution in [2.45, 2.75) is 57.5 Å². The normalized spacial score (nSPS) is 17.1. The molecule has 6 heteroatoms. The minimum atomic E-state index is -5.65. The minimum absolute atomic E-state index is 0.0357. The molecule has 2 aromatic carbocycles. The Bertz CT molecular complexity index is 1050. The number of benzene rings is 2. The second-order valence-electron chi connectivity index (χ2n) is 9.26. The first-order chi connectivity index (χ1) is 17.1. The highest BCUT2D eigenvalue weighted by Crippen LogP contribution is 2.39. The molecule has 0 N–H and O–H groups in total. The molecule has 2 unspecified atom stereocenters. The van der Waals surface area contributed by atoms with E-state index in [-0.39, 0.29) is 11.7 Å². The quantitative estimate of drug-likeness (QED) is 0.219. The summed E-state index contributed by atoms with van der Waals surface area (Å²) in [6.45, 7) is 2.69. The second kappa shape index (κ2) is 12.3. The third-order valence-corrected chi connectivity index (χ3v) is 6.59. The predicted molar refractivity (Wildman–Crippen MR) is 134 cm³/mol. The fourth-order valence-corrected chi connectivity index (χ4v) is 4.10. The average Bonchev–Trinajstić information content (AvgIpc) is 2.88. The summed E-state index contributed by atoms with van der Waals surface area (Å²) in [5.41, 5.74) is 4.25. The zero-order valence-electron chi connectivity index (χ0n) is 20.6. The van der Waals surface area contributed by atoms with E-state index < -0.39 is 18.7 Å². The van der Waals surface area contributed by atoms with Crippen LogP contribution in [-0.4, -0.2) is 18.7 Å². The lowest BCUT2D eigenvalue weighted by Crippen LogP contribution is -2.40. The van der Waals surface area contributed by atoms with E-state index in [1.54, 1.807) is 12.5 Å². The van der Waals surface area contributed by atoms with E-state index in [1.807, 2.05) is 48.5 Å². The molecule has 0 saturated carbocycles. The summed E-state index contributed by atoms with van der Waals surface area (Å²) in [6.07, 6.45) is 4.68. The lowest BCUT2D eigenvalue weighted by molar-refractivity contribution is -0.293. The van der Waals surface area contributed by atoms with Crippen molar-refractivity contribution in [1.82, 2.24) is 0 Å². The van der Waals surface area contributed by atoms with Crippen molar-refractivity contribution in [3.63, 3.8) is 0 Å². The molecule has 36 heavy (non-hydrogen) atoms. The first kappa shape index (κ1) is 27.6. The molecule has 0 saturated heterocycles. The van der Waals surface area contributed by atoms with Gasteiger partial charge in [-0.25, -0.2) is 0 Å². The van der Waals surface area contributed by atoms with Crippen molar-refractivity contribution in [3.05, 3.63) is 108 Å². The minimum Gasteiger partial charge on any atom is -0.530 e. The molecule has 0 radical (unpaired) electrons. The third-order valence-electron chi connectivity index (χ3n) is 6.59. The summed E-state index contributed by atoms with van der Waals surface area (Å²) in [7, 11) is 0. The van der Waals surface area contributed by atoms with Gasteiger partial charge in [-0.15, -0.1) is 35.8 Å². The SMILES string of the molecule is CCC(C)CCC(C/C(=C1\C=CC(OCC(F)(F)C(F)(F)F)=C[CH-]1)c1ccccc1)c1ccccc1. The molecular weight excluding hydrogens is 471 g/mol. The van der Waals surface area contributed by atoms with Crippen molar-refractivity contribution in [1.29, 1.82) is 0 Å². The fraction of sp³-hybridized carbons (Fsp3) is 0.367. The van der Waals surface area contributed by atoms with Crippen LogP contribution in [0.15, 0.2) is 90.2 Å². The van der Waals surface area contributed by atoms with E-state index in [4.69, 9.17) is 4.74 Å². The number of rotatable bonds is 11. The van der Waals surface area contributed by atoms with Gasteiger partial charge in [-0.05, 0) is 23.8 Å². The molecule has 3 rings (SSSR count). The molecule has 0 aliphatic heterocycles. The zero-order valence-corrected chi connectivity index (χ0v) is 20.6. The summed E-state index contributed by atoms with van der Waals surface area (Å²) < 4.78 is 68.7. The third kappa shape index (κ3) is 7.49. The van der Waals surface area contributed by atoms with E-state index in [0.29, 0.717) is 5.92 Å². The number of halogens is 5. The smallest absolute Gasteiger partial charge is 0.456 e. The Morgan fingerprint density at radius 3 is 2.08 bits per heavy atom. The Morgan fingerprint density at radius 1 is 0.889 bits per heavy atom. The second-order valence-corrected chi connectivity index (χ2v) is 9.26. The highest BCUT2D eigenvalue weighted by molar-refractivity contribution is 5.74. The number of ether oxygens (including phenoxy) is 1. The molecule has 1 aliphatic carbocycles. The van der Waals surface area contributed by atoms with Crippen molar-refractivity contribution in [3.8, 4) is 0 Å². The van der Waals surface area contributed by atoms with Gasteiger partial charge in [0.25, 0.3) is 0 Å². The number of allylic oxidation sites excluding steroid dienone is 5. The van der Waals surface area contributed by atoms with Gasteiger partial charge >= 0.3 is 12.1 Å². The molecule has 194 valence electrons. The van der Waals surface area contributed by atoms with Gasteiger partial charge < -0.3 is 4.74 Å². The van der Waals surface area contributed by atoms with Crippen LogP contribution in [0.5, 0.6) is 0 Å². The van der Waals surface area contributed by atoms with Gasteiger partial charge in [-0.2, -0.15) is 22.0 Å². The molecule has 1 nitrogen and oxygen atoms in total. The molecule has 0 bridgehead atoms. The maximum Gasteiger partial charge on any atom is 0.456 e. The maximum absolute atomic E-state index is 13.3. The van der Waals surface area contributed by atoms with Crippen LogP contribution >= 0.6 is 0 Å². The van der Waals surface area contributed by atoms with Crippen LogP contribution in [-0.2, 0) is 4.74 Å². The Balaban J connectivity index is 1.85. The zero-order chi connectivity index (χ0) is 26.2. The monoisotopic (exact) mass is 503 g/mol. The lowest BCUT2D eigenvalue weighted by atomic mass is 9.81. The van der Waals surface area contributed by atoms with Crippen LogP contribution in [0.4, 0.5) is 22.0 Å². The molecule has 0 amide bonds. The fourth-order valence-electron chi connectivity index (χ4n) is 4.10. The molecule has 2 aromatic rings. The van der Waals surface area contributed by atoms with E-state index in [1.165, 1.54) is 17.7 Å². The predicted octanol–water partition coefficient (Wildman–Crippen LogP) is 9.31. The first-order valence-electron chi connectivity index (χ1n) is 12.2. The van der Waals surface area contributed by atoms with E-state index in [9.17, 15) is 22.0 Å². The van der Waals surface area contributed by atoms with Gasteiger partial charge in [0, 0.05) is 5.76 Å². The van der Waals surface area contributed by atoms with Gasteiger partial charge in [0.05, 0.1) is 0 Å². The van der Waals surface area contributed by atoms with Crippen molar-refractivity contribution in [2.75, 3.05) is 6.61 Å². The molecule has 0 aromatic heterocycles. The molecule has 1 aliphatic rings. The maximum atomic E-state index is 13.3. The van der Waals surface area contributed by atoms with E-state index >= 15 is 0 Å². The van der Waals surface area contributed by atoms with Gasteiger partial charge in [0.1, 0.15) is 6.61 Å². The number of hydrogen-bond donors (Lipinski definition) is 0. The molecular formula is C30H32F5O-. The number of alkyl halides is 5. The Hall–Kier alpha value is -3.02. The highest BCUT2D eigenvalue weighted by atomic mass is 19.4. The summed E-state index contributed by atoms with van der Waals surface area (Å²) >= 11 is 0. The van der Waals surface area contributed by atoms with Crippen molar-refractivity contribution < 1.29 is 26.7 Å². The Kier molecular flexibility index (Phi) is 9.41. The first-order valence-corrected chi connectivity index (χ1v) is 12.2. The van der Waals surface area contributed by atoms with Crippen LogP contribution in [0.25, 0.3) is 5.57 Å². The van der Waals surface area contributed by atoms with Crippen LogP contribution in [0.1, 0.15) is 56.6 Å². The molecule has 0 spiro atoms. The van der Waals surface area contributed by atoms with Gasteiger partial charge in [-0.1, -0.05) is 99.3 Å². The van der Waals surface area contributed by atoms with Crippen molar-refractivity contribution >= 4 is 5.57 Å². The summed E-state index contributed by atoms with van der Waals surface area (Å²) in [5, 5.41) is 0. The summed E-state index contributed by atoms with van der Waals surface area (Å²) in [4.78, 5) is 0. The van der Waals surface area contributed by atoms with Crippen LogP contribution in [0.2, 0.25) is 0 Å². The highest BCUT2D eigenvalue weighted by Gasteiger charge is 2.58. The lowest BCUT2D eigenvalue weighted by Gasteiger charge is -2.28. The standard InChI is InChI=1S/C30H32F5O/c1-3-22(2)14-15-26(23-10-6-4-7-11-23)20-28(24-12-8-5-9-13-24)25-16-18-27(19-17-25)36-21-29(31,32)30(33,34)35/h4-13,16-19,22,26H,3,14-15,20-21H2,1-2H3/q-1. The molecule has 0 fully saturated rings. The Labute approximate surface area is 210 Å². The Morgan fingerprint density at radius 2 is 1.53 bits per heavy atom. The van der Waals surface area contributed by atoms with Crippen LogP contribution < -0.4 is 0 Å². The van der Waals surface area contributed by atoms with Crippen molar-refractivity contribution in [2.24, 2.45) is 5.92 Å². The van der Waals surface area contributed by atoms with Crippen LogP contribution in [0, 0.1) is 12.3 Å². The topological polar surface area (TPSA) is 9.23 Å². The summed E-state index contributed by atoms with van der Waals surface area (Å²) in [5.74, 6) is -4.06.